The fraction of sp³-hybridized carbons (Fsp3) is 0.235. The maximum absolute atomic E-state index is 11.8. The standard InChI is InChI=1S/C17H16N4O4S/c1-10-11(16(21-25-10)12-4-2-3-7-19-12)5-6-15-20-8-13(26-15)17(23)24-9-14(18)22/h2-4,7-8H,5-6,9H2,1H3,(H2,18,22). The van der Waals surface area contributed by atoms with E-state index in [0.29, 0.717) is 23.4 Å². The van der Waals surface area contributed by atoms with Gasteiger partial charge in [0.1, 0.15) is 16.3 Å². The first-order valence-corrected chi connectivity index (χ1v) is 8.63. The van der Waals surface area contributed by atoms with E-state index in [4.69, 9.17) is 15.0 Å². The Kier molecular flexibility index (Phi) is 5.37. The van der Waals surface area contributed by atoms with Crippen molar-refractivity contribution >= 4 is 23.2 Å². The zero-order valence-electron chi connectivity index (χ0n) is 14.0. The Hall–Kier alpha value is -3.07. The lowest BCUT2D eigenvalue weighted by atomic mass is 10.1. The SMILES string of the molecule is Cc1onc(-c2ccccn2)c1CCc1ncc(C(=O)OCC(N)=O)s1. The molecule has 3 rings (SSSR count). The molecule has 3 heterocycles. The summed E-state index contributed by atoms with van der Waals surface area (Å²) in [6.45, 7) is 1.41. The molecule has 0 aliphatic carbocycles. The predicted molar refractivity (Wildman–Crippen MR) is 93.5 cm³/mol. The van der Waals surface area contributed by atoms with Crippen molar-refractivity contribution in [1.82, 2.24) is 15.1 Å². The van der Waals surface area contributed by atoms with Gasteiger partial charge in [0.05, 0.1) is 16.9 Å². The van der Waals surface area contributed by atoms with Crippen LogP contribution >= 0.6 is 11.3 Å². The van der Waals surface area contributed by atoms with Crippen molar-refractivity contribution in [1.29, 1.82) is 0 Å². The molecular weight excluding hydrogens is 356 g/mol. The minimum atomic E-state index is -0.701. The van der Waals surface area contributed by atoms with Gasteiger partial charge in [-0.25, -0.2) is 9.78 Å². The number of thiazole rings is 1. The molecule has 8 nitrogen and oxygen atoms in total. The summed E-state index contributed by atoms with van der Waals surface area (Å²) in [5.41, 5.74) is 7.36. The number of carbonyl (C=O) groups is 2. The highest BCUT2D eigenvalue weighted by Gasteiger charge is 2.17. The zero-order chi connectivity index (χ0) is 18.5. The van der Waals surface area contributed by atoms with Crippen LogP contribution in [0.25, 0.3) is 11.4 Å². The van der Waals surface area contributed by atoms with E-state index in [0.717, 1.165) is 22.0 Å². The summed E-state index contributed by atoms with van der Waals surface area (Å²) in [5, 5.41) is 4.87. The molecule has 0 aliphatic rings. The number of nitrogens with two attached hydrogens (primary N) is 1. The highest BCUT2D eigenvalue weighted by atomic mass is 32.1. The third-order valence-corrected chi connectivity index (χ3v) is 4.62. The molecule has 0 saturated heterocycles. The minimum Gasteiger partial charge on any atom is -0.451 e. The fourth-order valence-electron chi connectivity index (χ4n) is 2.35. The van der Waals surface area contributed by atoms with Crippen LogP contribution in [0.1, 0.15) is 26.0 Å². The van der Waals surface area contributed by atoms with Gasteiger partial charge in [-0.1, -0.05) is 11.2 Å². The third-order valence-electron chi connectivity index (χ3n) is 3.58. The van der Waals surface area contributed by atoms with Crippen molar-refractivity contribution in [2.75, 3.05) is 6.61 Å². The molecule has 0 unspecified atom stereocenters. The smallest absolute Gasteiger partial charge is 0.350 e. The zero-order valence-corrected chi connectivity index (χ0v) is 14.8. The Bertz CT molecular complexity index is 920. The lowest BCUT2D eigenvalue weighted by molar-refractivity contribution is -0.121. The van der Waals surface area contributed by atoms with Crippen LogP contribution in [0.5, 0.6) is 0 Å². The van der Waals surface area contributed by atoms with Gasteiger partial charge in [-0.2, -0.15) is 0 Å². The van der Waals surface area contributed by atoms with Gasteiger partial charge >= 0.3 is 5.97 Å². The van der Waals surface area contributed by atoms with E-state index in [1.807, 2.05) is 25.1 Å². The van der Waals surface area contributed by atoms with Crippen LogP contribution < -0.4 is 5.73 Å². The number of amides is 1. The molecule has 0 spiro atoms. The topological polar surface area (TPSA) is 121 Å². The number of hydrogen-bond acceptors (Lipinski definition) is 8. The van der Waals surface area contributed by atoms with Crippen LogP contribution in [0.2, 0.25) is 0 Å². The van der Waals surface area contributed by atoms with Gasteiger partial charge in [0.25, 0.3) is 5.91 Å². The molecule has 0 saturated carbocycles. The fourth-order valence-corrected chi connectivity index (χ4v) is 3.16. The number of hydrogen-bond donors (Lipinski definition) is 1. The molecule has 1 amide bonds. The van der Waals surface area contributed by atoms with E-state index < -0.39 is 18.5 Å². The molecule has 2 N–H and O–H groups in total. The molecule has 0 bridgehead atoms. The van der Waals surface area contributed by atoms with E-state index >= 15 is 0 Å². The molecule has 3 aromatic heterocycles. The van der Waals surface area contributed by atoms with Gasteiger partial charge in [-0.3, -0.25) is 9.78 Å². The van der Waals surface area contributed by atoms with Gasteiger partial charge < -0.3 is 15.0 Å². The molecule has 134 valence electrons. The second-order valence-corrected chi connectivity index (χ2v) is 6.56. The Morgan fingerprint density at radius 3 is 2.85 bits per heavy atom. The largest absolute Gasteiger partial charge is 0.451 e. The van der Waals surface area contributed by atoms with Gasteiger partial charge in [-0.05, 0) is 25.5 Å². The lowest BCUT2D eigenvalue weighted by Crippen LogP contribution is -2.20. The molecule has 0 radical (unpaired) electrons. The summed E-state index contributed by atoms with van der Waals surface area (Å²) in [7, 11) is 0. The first-order chi connectivity index (χ1) is 12.5. The van der Waals surface area contributed by atoms with Gasteiger partial charge in [-0.15, -0.1) is 11.3 Å². The number of pyridine rings is 1. The second-order valence-electron chi connectivity index (χ2n) is 5.44. The van der Waals surface area contributed by atoms with Crippen molar-refractivity contribution < 1.29 is 18.8 Å². The van der Waals surface area contributed by atoms with Gasteiger partial charge in [0, 0.05) is 18.2 Å². The third kappa shape index (κ3) is 4.12. The normalized spacial score (nSPS) is 10.7. The van der Waals surface area contributed by atoms with Crippen molar-refractivity contribution in [3.05, 3.63) is 51.8 Å². The number of aryl methyl sites for hydroxylation is 2. The number of ether oxygens (including phenoxy) is 1. The number of carbonyl (C=O) groups excluding carboxylic acids is 2. The van der Waals surface area contributed by atoms with Crippen molar-refractivity contribution in [2.24, 2.45) is 5.73 Å². The number of primary amides is 1. The first-order valence-electron chi connectivity index (χ1n) is 7.81. The minimum absolute atomic E-state index is 0.327. The number of rotatable bonds is 7. The molecule has 0 aliphatic heterocycles. The second kappa shape index (κ2) is 7.87. The molecule has 26 heavy (non-hydrogen) atoms. The van der Waals surface area contributed by atoms with Crippen LogP contribution in [-0.4, -0.2) is 33.6 Å². The summed E-state index contributed by atoms with van der Waals surface area (Å²) >= 11 is 1.22. The highest BCUT2D eigenvalue weighted by molar-refractivity contribution is 7.13. The Morgan fingerprint density at radius 2 is 2.12 bits per heavy atom. The Labute approximate surface area is 153 Å². The molecular formula is C17H16N4O4S. The average molecular weight is 372 g/mol. The number of nitrogens with zero attached hydrogens (tertiary/aromatic N) is 3. The van der Waals surface area contributed by atoms with Crippen LogP contribution in [0.4, 0.5) is 0 Å². The summed E-state index contributed by atoms with van der Waals surface area (Å²) in [4.78, 5) is 31.3. The Balaban J connectivity index is 1.68. The van der Waals surface area contributed by atoms with E-state index in [2.05, 4.69) is 15.1 Å². The first kappa shape index (κ1) is 17.7. The van der Waals surface area contributed by atoms with Crippen LogP contribution in [-0.2, 0) is 22.4 Å². The van der Waals surface area contributed by atoms with Gasteiger partial charge in [0.2, 0.25) is 0 Å². The van der Waals surface area contributed by atoms with E-state index in [9.17, 15) is 9.59 Å². The monoisotopic (exact) mass is 372 g/mol. The van der Waals surface area contributed by atoms with Gasteiger partial charge in [0.15, 0.2) is 6.61 Å². The molecule has 3 aromatic rings. The van der Waals surface area contributed by atoms with E-state index in [1.54, 1.807) is 6.20 Å². The van der Waals surface area contributed by atoms with Crippen molar-refractivity contribution in [3.8, 4) is 11.4 Å². The number of esters is 1. The van der Waals surface area contributed by atoms with Crippen molar-refractivity contribution in [2.45, 2.75) is 19.8 Å². The van der Waals surface area contributed by atoms with Crippen LogP contribution in [0, 0.1) is 6.92 Å². The molecule has 0 fully saturated rings. The molecule has 0 aromatic carbocycles. The average Bonchev–Trinajstić information content (AvgIpc) is 3.25. The summed E-state index contributed by atoms with van der Waals surface area (Å²) in [5.74, 6) is -0.584. The molecule has 9 heteroatoms. The quantitative estimate of drug-likeness (QED) is 0.629. The summed E-state index contributed by atoms with van der Waals surface area (Å²) in [6, 6.07) is 5.60. The maximum Gasteiger partial charge on any atom is 0.350 e. The number of aromatic nitrogens is 3. The van der Waals surface area contributed by atoms with Crippen LogP contribution in [0.3, 0.4) is 0 Å². The molecule has 0 atom stereocenters. The summed E-state index contributed by atoms with van der Waals surface area (Å²) in [6.07, 6.45) is 4.39. The maximum atomic E-state index is 11.8. The van der Waals surface area contributed by atoms with E-state index in [-0.39, 0.29) is 0 Å². The highest BCUT2D eigenvalue weighted by Crippen LogP contribution is 2.25. The summed E-state index contributed by atoms with van der Waals surface area (Å²) < 4.78 is 10.1. The van der Waals surface area contributed by atoms with Crippen LogP contribution in [0.15, 0.2) is 35.1 Å². The van der Waals surface area contributed by atoms with E-state index in [1.165, 1.54) is 17.5 Å². The predicted octanol–water partition coefficient (Wildman–Crippen LogP) is 1.93. The Morgan fingerprint density at radius 1 is 1.27 bits per heavy atom. The lowest BCUT2D eigenvalue weighted by Gasteiger charge is -2.01. The van der Waals surface area contributed by atoms with Crippen molar-refractivity contribution in [3.63, 3.8) is 0 Å².